The number of rotatable bonds is 8. The number of carbonyl (C=O) groups excluding carboxylic acids is 1. The summed E-state index contributed by atoms with van der Waals surface area (Å²) in [5.74, 6) is -0.267. The zero-order valence-electron chi connectivity index (χ0n) is 17.8. The maximum Gasteiger partial charge on any atom is 0.244 e. The number of nitrogens with zero attached hydrogens (tertiary/aromatic N) is 2. The van der Waals surface area contributed by atoms with Gasteiger partial charge in [-0.2, -0.15) is 0 Å². The van der Waals surface area contributed by atoms with E-state index in [2.05, 4.69) is 76.3 Å². The van der Waals surface area contributed by atoms with Crippen LogP contribution in [0.1, 0.15) is 87.5 Å². The summed E-state index contributed by atoms with van der Waals surface area (Å²) in [6.45, 7) is 18.4. The summed E-state index contributed by atoms with van der Waals surface area (Å²) in [6.07, 6.45) is 13.3. The molecular formula is C21H40N2O2. The smallest absolute Gasteiger partial charge is 0.244 e. The predicted octanol–water partition coefficient (Wildman–Crippen LogP) is 3.92. The van der Waals surface area contributed by atoms with E-state index in [1.54, 1.807) is 0 Å². The van der Waals surface area contributed by atoms with Gasteiger partial charge in [0.1, 0.15) is 17.9 Å². The highest BCUT2D eigenvalue weighted by Crippen LogP contribution is 2.28. The lowest BCUT2D eigenvalue weighted by Crippen LogP contribution is -2.52. The molecule has 0 N–H and O–H groups in total. The predicted molar refractivity (Wildman–Crippen MR) is 102 cm³/mol. The lowest BCUT2D eigenvalue weighted by Gasteiger charge is -2.29. The van der Waals surface area contributed by atoms with Gasteiger partial charge in [0.05, 0.1) is 6.54 Å². The van der Waals surface area contributed by atoms with Gasteiger partial charge in [-0.3, -0.25) is 0 Å². The molecule has 0 aliphatic rings. The maximum absolute atomic E-state index is 8.89. The molecule has 1 atom stereocenters. The molecule has 0 radical (unpaired) electrons. The molecule has 146 valence electrons. The van der Waals surface area contributed by atoms with Crippen LogP contribution in [-0.4, -0.2) is 10.5 Å². The number of aliphatic carboxylic acids is 1. The minimum atomic E-state index is -1.08. The summed E-state index contributed by atoms with van der Waals surface area (Å²) in [4.78, 5) is 8.89. The highest BCUT2D eigenvalue weighted by molar-refractivity contribution is 5.60. The van der Waals surface area contributed by atoms with Crippen LogP contribution in [0.15, 0.2) is 18.7 Å². The normalized spacial score (nSPS) is 13.1. The first kappa shape index (κ1) is 23.7. The molecule has 0 aliphatic heterocycles. The van der Waals surface area contributed by atoms with Gasteiger partial charge in [0.25, 0.3) is 0 Å². The van der Waals surface area contributed by atoms with Crippen LogP contribution in [-0.2, 0) is 16.9 Å². The number of hydrogen-bond donors (Lipinski definition) is 0. The molecule has 1 aromatic rings. The second-order valence-electron chi connectivity index (χ2n) is 8.98. The summed E-state index contributed by atoms with van der Waals surface area (Å²) in [7, 11) is 0. The zero-order chi connectivity index (χ0) is 19.7. The topological polar surface area (TPSA) is 48.9 Å². The van der Waals surface area contributed by atoms with Crippen LogP contribution < -0.4 is 9.67 Å². The Kier molecular flexibility index (Phi) is 10.1. The average molecular weight is 353 g/mol. The standard InChI is InChI=1S/C19H37N2.C2H4O2/c1-8-10-11-17(9-2)14-20-12-13-21(16-20)19(6,7)15-18(3,4)5;1-2(3)4/h12-13,16-17H,8-11,14-15H2,1-7H3;1H3,(H,3,4)/q+1;/p-1. The van der Waals surface area contributed by atoms with Crippen LogP contribution in [0.2, 0.25) is 0 Å². The number of hydrogen-bond acceptors (Lipinski definition) is 2. The van der Waals surface area contributed by atoms with Gasteiger partial charge in [0.15, 0.2) is 0 Å². The summed E-state index contributed by atoms with van der Waals surface area (Å²) < 4.78 is 4.78. The SMILES string of the molecule is CC(=O)[O-].CCCCC(CC)Cn1cc[n+](C(C)(C)CC(C)(C)C)c1. The maximum atomic E-state index is 8.89. The fourth-order valence-corrected chi connectivity index (χ4v) is 3.46. The molecule has 0 spiro atoms. The largest absolute Gasteiger partial charge is 0.550 e. The Labute approximate surface area is 155 Å². The van der Waals surface area contributed by atoms with Crippen molar-refractivity contribution < 1.29 is 14.5 Å². The Balaban J connectivity index is 0.00000129. The quantitative estimate of drug-likeness (QED) is 0.666. The molecule has 4 heteroatoms. The van der Waals surface area contributed by atoms with Gasteiger partial charge in [-0.15, -0.1) is 0 Å². The number of carboxylic acids is 1. The molecule has 4 nitrogen and oxygen atoms in total. The van der Waals surface area contributed by atoms with Crippen LogP contribution in [0.5, 0.6) is 0 Å². The molecule has 25 heavy (non-hydrogen) atoms. The molecule has 0 aliphatic carbocycles. The van der Waals surface area contributed by atoms with Crippen molar-refractivity contribution in [2.24, 2.45) is 11.3 Å². The van der Waals surface area contributed by atoms with Gasteiger partial charge < -0.3 is 9.90 Å². The van der Waals surface area contributed by atoms with E-state index in [-0.39, 0.29) is 5.54 Å². The van der Waals surface area contributed by atoms with E-state index in [9.17, 15) is 0 Å². The minimum Gasteiger partial charge on any atom is -0.550 e. The second-order valence-corrected chi connectivity index (χ2v) is 8.98. The van der Waals surface area contributed by atoms with E-state index in [1.807, 2.05) is 0 Å². The first-order chi connectivity index (χ1) is 11.4. The van der Waals surface area contributed by atoms with Crippen LogP contribution in [0.3, 0.4) is 0 Å². The Morgan fingerprint density at radius 1 is 1.20 bits per heavy atom. The number of unbranched alkanes of at least 4 members (excludes halogenated alkanes) is 1. The second kappa shape index (κ2) is 10.6. The van der Waals surface area contributed by atoms with Crippen molar-refractivity contribution in [2.45, 2.75) is 99.6 Å². The molecule has 0 fully saturated rings. The highest BCUT2D eigenvalue weighted by atomic mass is 16.4. The van der Waals surface area contributed by atoms with Gasteiger partial charge in [0, 0.05) is 5.97 Å². The Hall–Kier alpha value is -1.32. The number of imidazole rings is 1. The summed E-state index contributed by atoms with van der Waals surface area (Å²) >= 11 is 0. The van der Waals surface area contributed by atoms with Crippen molar-refractivity contribution in [2.75, 3.05) is 0 Å². The average Bonchev–Trinajstić information content (AvgIpc) is 2.89. The van der Waals surface area contributed by atoms with Gasteiger partial charge in [-0.1, -0.05) is 47.5 Å². The number of carbonyl (C=O) groups is 1. The molecule has 0 amide bonds. The Bertz CT molecular complexity index is 494. The molecule has 0 saturated heterocycles. The summed E-state index contributed by atoms with van der Waals surface area (Å²) in [6, 6.07) is 0. The van der Waals surface area contributed by atoms with Gasteiger partial charge in [-0.25, -0.2) is 9.13 Å². The van der Waals surface area contributed by atoms with E-state index in [0.717, 1.165) is 19.4 Å². The van der Waals surface area contributed by atoms with Gasteiger partial charge in [-0.05, 0) is 51.4 Å². The van der Waals surface area contributed by atoms with E-state index in [1.165, 1.54) is 32.1 Å². The van der Waals surface area contributed by atoms with Crippen molar-refractivity contribution >= 4 is 5.97 Å². The first-order valence-electron chi connectivity index (χ1n) is 9.66. The van der Waals surface area contributed by atoms with E-state index < -0.39 is 5.97 Å². The molecule has 0 saturated carbocycles. The van der Waals surface area contributed by atoms with Crippen LogP contribution >= 0.6 is 0 Å². The van der Waals surface area contributed by atoms with Crippen molar-refractivity contribution in [3.63, 3.8) is 0 Å². The molecular weight excluding hydrogens is 312 g/mol. The lowest BCUT2D eigenvalue weighted by atomic mass is 9.82. The molecule has 1 rings (SSSR count). The van der Waals surface area contributed by atoms with E-state index >= 15 is 0 Å². The van der Waals surface area contributed by atoms with E-state index in [4.69, 9.17) is 9.90 Å². The Morgan fingerprint density at radius 2 is 1.76 bits per heavy atom. The zero-order valence-corrected chi connectivity index (χ0v) is 17.8. The number of aromatic nitrogens is 2. The van der Waals surface area contributed by atoms with Gasteiger partial charge >= 0.3 is 0 Å². The third kappa shape index (κ3) is 11.0. The van der Waals surface area contributed by atoms with Crippen LogP contribution in [0.25, 0.3) is 0 Å². The van der Waals surface area contributed by atoms with Gasteiger partial charge in [0.2, 0.25) is 6.33 Å². The highest BCUT2D eigenvalue weighted by Gasteiger charge is 2.31. The molecule has 0 aromatic carbocycles. The molecule has 0 bridgehead atoms. The first-order valence-corrected chi connectivity index (χ1v) is 9.66. The summed E-state index contributed by atoms with van der Waals surface area (Å²) in [5.41, 5.74) is 0.528. The molecule has 1 heterocycles. The molecule has 1 aromatic heterocycles. The van der Waals surface area contributed by atoms with E-state index in [0.29, 0.717) is 5.41 Å². The van der Waals surface area contributed by atoms with Crippen molar-refractivity contribution in [3.8, 4) is 0 Å². The fourth-order valence-electron chi connectivity index (χ4n) is 3.46. The third-order valence-corrected chi connectivity index (χ3v) is 4.37. The van der Waals surface area contributed by atoms with Crippen molar-refractivity contribution in [3.05, 3.63) is 18.7 Å². The number of carboxylic acid groups (broad SMARTS) is 1. The lowest BCUT2D eigenvalue weighted by molar-refractivity contribution is -0.759. The van der Waals surface area contributed by atoms with Crippen molar-refractivity contribution in [1.82, 2.24) is 4.57 Å². The fraction of sp³-hybridized carbons (Fsp3) is 0.810. The third-order valence-electron chi connectivity index (χ3n) is 4.37. The van der Waals surface area contributed by atoms with Crippen molar-refractivity contribution in [1.29, 1.82) is 0 Å². The molecule has 1 unspecified atom stereocenters. The monoisotopic (exact) mass is 352 g/mol. The van der Waals surface area contributed by atoms with Crippen LogP contribution in [0, 0.1) is 11.3 Å². The summed E-state index contributed by atoms with van der Waals surface area (Å²) in [5, 5.41) is 8.89. The minimum absolute atomic E-state index is 0.175. The van der Waals surface area contributed by atoms with Crippen LogP contribution in [0.4, 0.5) is 0 Å². The Morgan fingerprint density at radius 3 is 2.20 bits per heavy atom.